The molecule has 2 unspecified atom stereocenters. The van der Waals surface area contributed by atoms with E-state index in [0.717, 1.165) is 19.6 Å². The average molecular weight is 252 g/mol. The Morgan fingerprint density at radius 1 is 0.947 bits per heavy atom. The standard InChI is InChI=1S/C17H16O2/c1-2-4-12-10-15-14(9-11(12)3-1)13-5-6-17(16(13)15)18-7-8-19-17/h1-4,9-10,13,16H,5-8H2. The van der Waals surface area contributed by atoms with Gasteiger partial charge in [-0.1, -0.05) is 36.4 Å². The van der Waals surface area contributed by atoms with Crippen molar-refractivity contribution in [3.05, 3.63) is 47.5 Å². The lowest BCUT2D eigenvalue weighted by Gasteiger charge is -2.41. The average Bonchev–Trinajstić information content (AvgIpc) is 3.02. The Morgan fingerprint density at radius 3 is 2.37 bits per heavy atom. The number of ether oxygens (including phenoxy) is 2. The second-order valence-electron chi connectivity index (χ2n) is 5.96. The zero-order valence-electron chi connectivity index (χ0n) is 10.8. The lowest BCUT2D eigenvalue weighted by atomic mass is 9.67. The molecule has 2 fully saturated rings. The van der Waals surface area contributed by atoms with Crippen LogP contribution in [0.3, 0.4) is 0 Å². The van der Waals surface area contributed by atoms with E-state index in [-0.39, 0.29) is 5.79 Å². The number of rotatable bonds is 0. The topological polar surface area (TPSA) is 18.5 Å². The molecule has 2 atom stereocenters. The SMILES string of the molecule is c1ccc2cc3c(cc2c1)C1CCC2(OCCO2)C31. The van der Waals surface area contributed by atoms with Crippen molar-refractivity contribution >= 4 is 10.8 Å². The predicted molar refractivity (Wildman–Crippen MR) is 73.3 cm³/mol. The molecule has 2 nitrogen and oxygen atoms in total. The van der Waals surface area contributed by atoms with E-state index in [0.29, 0.717) is 11.8 Å². The molecule has 0 amide bonds. The fourth-order valence-electron chi connectivity index (χ4n) is 4.34. The van der Waals surface area contributed by atoms with Crippen LogP contribution in [0.15, 0.2) is 36.4 Å². The molecule has 5 rings (SSSR count). The van der Waals surface area contributed by atoms with Crippen LogP contribution in [0.4, 0.5) is 0 Å². The first kappa shape index (κ1) is 10.4. The van der Waals surface area contributed by atoms with Crippen molar-refractivity contribution in [3.8, 4) is 0 Å². The third-order valence-electron chi connectivity index (χ3n) is 5.14. The van der Waals surface area contributed by atoms with Crippen molar-refractivity contribution in [2.24, 2.45) is 0 Å². The van der Waals surface area contributed by atoms with Gasteiger partial charge in [0.25, 0.3) is 0 Å². The van der Waals surface area contributed by atoms with Crippen LogP contribution in [0, 0.1) is 0 Å². The summed E-state index contributed by atoms with van der Waals surface area (Å²) in [6.45, 7) is 1.51. The van der Waals surface area contributed by atoms with Gasteiger partial charge in [-0.15, -0.1) is 0 Å². The van der Waals surface area contributed by atoms with E-state index in [1.54, 1.807) is 0 Å². The van der Waals surface area contributed by atoms with Gasteiger partial charge in [0.05, 0.1) is 13.2 Å². The van der Waals surface area contributed by atoms with Gasteiger partial charge in [-0.3, -0.25) is 0 Å². The van der Waals surface area contributed by atoms with Crippen LogP contribution in [0.5, 0.6) is 0 Å². The summed E-state index contributed by atoms with van der Waals surface area (Å²) in [5.41, 5.74) is 2.99. The molecule has 1 spiro atoms. The van der Waals surface area contributed by atoms with Gasteiger partial charge >= 0.3 is 0 Å². The molecule has 19 heavy (non-hydrogen) atoms. The zero-order valence-corrected chi connectivity index (χ0v) is 10.8. The highest BCUT2D eigenvalue weighted by atomic mass is 16.7. The summed E-state index contributed by atoms with van der Waals surface area (Å²) in [5.74, 6) is 0.826. The Morgan fingerprint density at radius 2 is 1.63 bits per heavy atom. The molecule has 1 heterocycles. The summed E-state index contributed by atoms with van der Waals surface area (Å²) in [6.07, 6.45) is 2.25. The molecule has 1 aliphatic heterocycles. The van der Waals surface area contributed by atoms with Crippen molar-refractivity contribution in [1.82, 2.24) is 0 Å². The van der Waals surface area contributed by atoms with Crippen LogP contribution in [0.1, 0.15) is 35.8 Å². The molecule has 3 aliphatic rings. The monoisotopic (exact) mass is 252 g/mol. The minimum atomic E-state index is -0.292. The van der Waals surface area contributed by atoms with E-state index in [1.807, 2.05) is 0 Å². The smallest absolute Gasteiger partial charge is 0.175 e. The Balaban J connectivity index is 1.69. The Kier molecular flexibility index (Phi) is 1.85. The van der Waals surface area contributed by atoms with E-state index in [1.165, 1.54) is 28.3 Å². The molecule has 2 aliphatic carbocycles. The summed E-state index contributed by atoms with van der Waals surface area (Å²) >= 11 is 0. The summed E-state index contributed by atoms with van der Waals surface area (Å²) in [7, 11) is 0. The van der Waals surface area contributed by atoms with Gasteiger partial charge < -0.3 is 9.47 Å². The molecular formula is C17H16O2. The first-order chi connectivity index (χ1) is 9.37. The van der Waals surface area contributed by atoms with E-state index in [2.05, 4.69) is 36.4 Å². The molecule has 1 saturated carbocycles. The van der Waals surface area contributed by atoms with E-state index >= 15 is 0 Å². The maximum absolute atomic E-state index is 5.98. The van der Waals surface area contributed by atoms with Crippen molar-refractivity contribution in [2.75, 3.05) is 13.2 Å². The molecule has 2 heteroatoms. The summed E-state index contributed by atoms with van der Waals surface area (Å²) in [4.78, 5) is 0. The fourth-order valence-corrected chi connectivity index (χ4v) is 4.34. The number of fused-ring (bicyclic) bond motifs is 6. The van der Waals surface area contributed by atoms with Crippen LogP contribution in [-0.4, -0.2) is 19.0 Å². The molecule has 2 aromatic rings. The highest BCUT2D eigenvalue weighted by Gasteiger charge is 2.59. The quantitative estimate of drug-likeness (QED) is 0.713. The van der Waals surface area contributed by atoms with Crippen LogP contribution in [-0.2, 0) is 9.47 Å². The maximum Gasteiger partial charge on any atom is 0.175 e. The van der Waals surface area contributed by atoms with Gasteiger partial charge in [-0.2, -0.15) is 0 Å². The van der Waals surface area contributed by atoms with Crippen LogP contribution in [0.2, 0.25) is 0 Å². The zero-order chi connectivity index (χ0) is 12.4. The van der Waals surface area contributed by atoms with Crippen molar-refractivity contribution in [2.45, 2.75) is 30.5 Å². The molecular weight excluding hydrogens is 236 g/mol. The number of hydrogen-bond acceptors (Lipinski definition) is 2. The third-order valence-corrected chi connectivity index (χ3v) is 5.14. The van der Waals surface area contributed by atoms with Crippen molar-refractivity contribution in [1.29, 1.82) is 0 Å². The van der Waals surface area contributed by atoms with E-state index < -0.39 is 0 Å². The van der Waals surface area contributed by atoms with Crippen LogP contribution < -0.4 is 0 Å². The molecule has 0 N–H and O–H groups in total. The first-order valence-corrected chi connectivity index (χ1v) is 7.18. The molecule has 0 bridgehead atoms. The van der Waals surface area contributed by atoms with Crippen molar-refractivity contribution in [3.63, 3.8) is 0 Å². The lowest BCUT2D eigenvalue weighted by Crippen LogP contribution is -2.39. The number of benzene rings is 2. The van der Waals surface area contributed by atoms with Crippen LogP contribution >= 0.6 is 0 Å². The maximum atomic E-state index is 5.98. The van der Waals surface area contributed by atoms with E-state index in [9.17, 15) is 0 Å². The minimum absolute atomic E-state index is 0.292. The van der Waals surface area contributed by atoms with Gasteiger partial charge in [0.15, 0.2) is 5.79 Å². The highest BCUT2D eigenvalue weighted by Crippen LogP contribution is 2.63. The van der Waals surface area contributed by atoms with Gasteiger partial charge in [-0.25, -0.2) is 0 Å². The Labute approximate surface area is 112 Å². The van der Waals surface area contributed by atoms with Gasteiger partial charge in [-0.05, 0) is 34.2 Å². The Hall–Kier alpha value is -1.38. The van der Waals surface area contributed by atoms with Gasteiger partial charge in [0.2, 0.25) is 0 Å². The summed E-state index contributed by atoms with van der Waals surface area (Å²) in [6, 6.07) is 13.4. The summed E-state index contributed by atoms with van der Waals surface area (Å²) < 4.78 is 12.0. The normalized spacial score (nSPS) is 30.3. The Bertz CT molecular complexity index is 670. The second-order valence-corrected chi connectivity index (χ2v) is 5.96. The molecule has 0 radical (unpaired) electrons. The van der Waals surface area contributed by atoms with Gasteiger partial charge in [0, 0.05) is 12.3 Å². The fraction of sp³-hybridized carbons (Fsp3) is 0.412. The second kappa shape index (κ2) is 3.38. The highest BCUT2D eigenvalue weighted by molar-refractivity contribution is 5.85. The lowest BCUT2D eigenvalue weighted by molar-refractivity contribution is -0.166. The van der Waals surface area contributed by atoms with Gasteiger partial charge in [0.1, 0.15) is 0 Å². The molecule has 1 saturated heterocycles. The van der Waals surface area contributed by atoms with E-state index in [4.69, 9.17) is 9.47 Å². The molecule has 0 aromatic heterocycles. The molecule has 96 valence electrons. The largest absolute Gasteiger partial charge is 0.347 e. The third kappa shape index (κ3) is 1.19. The minimum Gasteiger partial charge on any atom is -0.347 e. The predicted octanol–water partition coefficient (Wildman–Crippen LogP) is 3.56. The molecule has 2 aromatic carbocycles. The number of hydrogen-bond donors (Lipinski definition) is 0. The van der Waals surface area contributed by atoms with Crippen LogP contribution in [0.25, 0.3) is 10.8 Å². The first-order valence-electron chi connectivity index (χ1n) is 7.18. The van der Waals surface area contributed by atoms with Crippen molar-refractivity contribution < 1.29 is 9.47 Å². The summed E-state index contributed by atoms with van der Waals surface area (Å²) in [5, 5.41) is 2.69.